The van der Waals surface area contributed by atoms with Crippen LogP contribution in [0.5, 0.6) is 5.88 Å². The van der Waals surface area contributed by atoms with Crippen LogP contribution >= 0.6 is 11.3 Å². The van der Waals surface area contributed by atoms with E-state index >= 15 is 0 Å². The zero-order chi connectivity index (χ0) is 23.1. The maximum Gasteiger partial charge on any atom is 0.341 e. The summed E-state index contributed by atoms with van der Waals surface area (Å²) in [6.07, 6.45) is 1.44. The fraction of sp³-hybridized carbons (Fsp3) is 0.273. The fourth-order valence-electron chi connectivity index (χ4n) is 3.79. The van der Waals surface area contributed by atoms with Crippen molar-refractivity contribution in [3.8, 4) is 16.5 Å². The Labute approximate surface area is 191 Å². The van der Waals surface area contributed by atoms with Crippen LogP contribution in [0.1, 0.15) is 23.7 Å². The molecule has 0 saturated carbocycles. The first-order chi connectivity index (χ1) is 15.9. The van der Waals surface area contributed by atoms with Gasteiger partial charge in [-0.15, -0.1) is 11.3 Å². The van der Waals surface area contributed by atoms with Crippen LogP contribution < -0.4 is 4.74 Å². The molecule has 0 aliphatic carbocycles. The summed E-state index contributed by atoms with van der Waals surface area (Å²) in [6.45, 7) is 2.26. The van der Waals surface area contributed by atoms with Crippen LogP contribution in [0.4, 0.5) is 18.0 Å². The number of hydrogen-bond acceptors (Lipinski definition) is 6. The Balaban J connectivity index is 1.24. The van der Waals surface area contributed by atoms with Gasteiger partial charge in [-0.1, -0.05) is 0 Å². The highest BCUT2D eigenvalue weighted by atomic mass is 32.1. The summed E-state index contributed by atoms with van der Waals surface area (Å²) in [5.41, 5.74) is 3.38. The molecule has 2 aliphatic heterocycles. The highest BCUT2D eigenvalue weighted by molar-refractivity contribution is 7.13. The van der Waals surface area contributed by atoms with Crippen molar-refractivity contribution in [2.24, 2.45) is 5.10 Å². The Morgan fingerprint density at radius 2 is 1.91 bits per heavy atom. The standard InChI is InChI=1S/C22H18F3N5O2S/c1-12-20(33-11-26-12)18-3-2-17(25)21(28-18)32-16-9-29(10-16)22(31)30-19(4-5-27-30)13-6-14(23)8-15(24)7-13/h2-3,5-8,11,16,19H,4,9-10H2,1H3/t19-/m0/s1. The van der Waals surface area contributed by atoms with Crippen molar-refractivity contribution < 1.29 is 22.7 Å². The van der Waals surface area contributed by atoms with Crippen LogP contribution in [0.25, 0.3) is 10.6 Å². The molecule has 4 heterocycles. The third kappa shape index (κ3) is 4.15. The Morgan fingerprint density at radius 3 is 2.61 bits per heavy atom. The molecule has 33 heavy (non-hydrogen) atoms. The summed E-state index contributed by atoms with van der Waals surface area (Å²) in [4.78, 5) is 23.7. The molecule has 0 bridgehead atoms. The number of halogens is 3. The van der Waals surface area contributed by atoms with Crippen LogP contribution in [-0.4, -0.2) is 51.3 Å². The molecule has 1 aromatic carbocycles. The number of amides is 2. The molecule has 2 aliphatic rings. The van der Waals surface area contributed by atoms with Gasteiger partial charge in [-0.05, 0) is 36.8 Å². The molecule has 7 nitrogen and oxygen atoms in total. The zero-order valence-corrected chi connectivity index (χ0v) is 18.2. The first-order valence-corrected chi connectivity index (χ1v) is 11.1. The van der Waals surface area contributed by atoms with Gasteiger partial charge in [-0.3, -0.25) is 0 Å². The van der Waals surface area contributed by atoms with Gasteiger partial charge < -0.3 is 9.64 Å². The highest BCUT2D eigenvalue weighted by Gasteiger charge is 2.39. The third-order valence-corrected chi connectivity index (χ3v) is 6.44. The van der Waals surface area contributed by atoms with Crippen molar-refractivity contribution in [2.45, 2.75) is 25.5 Å². The number of rotatable bonds is 4. The average Bonchev–Trinajstić information content (AvgIpc) is 3.39. The van der Waals surface area contributed by atoms with Gasteiger partial charge in [-0.25, -0.2) is 32.9 Å². The number of likely N-dealkylation sites (tertiary alicyclic amines) is 1. The average molecular weight is 473 g/mol. The van der Waals surface area contributed by atoms with Gasteiger partial charge >= 0.3 is 6.03 Å². The second-order valence-electron chi connectivity index (χ2n) is 7.77. The molecular formula is C22H18F3N5O2S. The van der Waals surface area contributed by atoms with Crippen LogP contribution in [0.15, 0.2) is 40.9 Å². The predicted molar refractivity (Wildman–Crippen MR) is 115 cm³/mol. The number of aryl methyl sites for hydroxylation is 1. The van der Waals surface area contributed by atoms with E-state index in [0.717, 1.165) is 16.6 Å². The van der Waals surface area contributed by atoms with Crippen molar-refractivity contribution >= 4 is 23.6 Å². The molecule has 1 atom stereocenters. The normalized spacial score (nSPS) is 18.0. The zero-order valence-electron chi connectivity index (χ0n) is 17.4. The molecule has 3 aromatic rings. The number of urea groups is 1. The maximum atomic E-state index is 14.3. The molecule has 5 rings (SSSR count). The molecule has 2 aromatic heterocycles. The number of carbonyl (C=O) groups excluding carboxylic acids is 1. The van der Waals surface area contributed by atoms with Crippen LogP contribution in [0, 0.1) is 24.4 Å². The largest absolute Gasteiger partial charge is 0.468 e. The van der Waals surface area contributed by atoms with Crippen molar-refractivity contribution in [1.29, 1.82) is 0 Å². The van der Waals surface area contributed by atoms with E-state index < -0.39 is 35.6 Å². The SMILES string of the molecule is Cc1ncsc1-c1ccc(F)c(OC2CN(C(=O)N3N=CC[C@H]3c3cc(F)cc(F)c3)C2)n1. The molecule has 11 heteroatoms. The lowest BCUT2D eigenvalue weighted by Gasteiger charge is -2.40. The molecule has 0 unspecified atom stereocenters. The van der Waals surface area contributed by atoms with Gasteiger partial charge in [-0.2, -0.15) is 5.10 Å². The lowest BCUT2D eigenvalue weighted by Crippen LogP contribution is -2.59. The number of carbonyl (C=O) groups is 1. The van der Waals surface area contributed by atoms with E-state index in [1.165, 1.54) is 45.7 Å². The van der Waals surface area contributed by atoms with Crippen LogP contribution in [0.2, 0.25) is 0 Å². The van der Waals surface area contributed by atoms with Gasteiger partial charge in [0.25, 0.3) is 5.88 Å². The molecular weight excluding hydrogens is 455 g/mol. The van der Waals surface area contributed by atoms with Gasteiger partial charge in [0, 0.05) is 18.7 Å². The van der Waals surface area contributed by atoms with Crippen molar-refractivity contribution in [3.63, 3.8) is 0 Å². The Hall–Kier alpha value is -3.47. The summed E-state index contributed by atoms with van der Waals surface area (Å²) in [7, 11) is 0. The Bertz CT molecular complexity index is 1220. The van der Waals surface area contributed by atoms with Gasteiger partial charge in [0.05, 0.1) is 40.9 Å². The first kappa shape index (κ1) is 21.4. The number of hydrogen-bond donors (Lipinski definition) is 0. The lowest BCUT2D eigenvalue weighted by molar-refractivity contribution is 0.0231. The predicted octanol–water partition coefficient (Wildman–Crippen LogP) is 4.55. The summed E-state index contributed by atoms with van der Waals surface area (Å²) in [5, 5.41) is 5.29. The molecule has 0 radical (unpaired) electrons. The molecule has 170 valence electrons. The molecule has 0 spiro atoms. The summed E-state index contributed by atoms with van der Waals surface area (Å²) < 4.78 is 47.2. The molecule has 0 N–H and O–H groups in total. The van der Waals surface area contributed by atoms with E-state index in [-0.39, 0.29) is 19.0 Å². The third-order valence-electron chi connectivity index (χ3n) is 5.48. The second-order valence-corrected chi connectivity index (χ2v) is 8.63. The van der Waals surface area contributed by atoms with Crippen LogP contribution in [-0.2, 0) is 0 Å². The molecule has 2 amide bonds. The van der Waals surface area contributed by atoms with E-state index in [1.807, 2.05) is 6.92 Å². The van der Waals surface area contributed by atoms with E-state index in [0.29, 0.717) is 17.7 Å². The van der Waals surface area contributed by atoms with Crippen molar-refractivity contribution in [3.05, 3.63) is 64.6 Å². The topological polar surface area (TPSA) is 70.9 Å². The highest BCUT2D eigenvalue weighted by Crippen LogP contribution is 2.32. The first-order valence-electron chi connectivity index (χ1n) is 10.2. The Morgan fingerprint density at radius 1 is 1.15 bits per heavy atom. The number of ether oxygens (including phenoxy) is 1. The molecule has 1 saturated heterocycles. The van der Waals surface area contributed by atoms with E-state index in [1.54, 1.807) is 11.6 Å². The maximum absolute atomic E-state index is 14.3. The summed E-state index contributed by atoms with van der Waals surface area (Å²) >= 11 is 1.40. The lowest BCUT2D eigenvalue weighted by atomic mass is 10.0. The van der Waals surface area contributed by atoms with E-state index in [4.69, 9.17) is 4.74 Å². The number of hydrazone groups is 1. The monoisotopic (exact) mass is 473 g/mol. The summed E-state index contributed by atoms with van der Waals surface area (Å²) in [6, 6.07) is 5.01. The summed E-state index contributed by atoms with van der Waals surface area (Å²) in [5.74, 6) is -2.16. The van der Waals surface area contributed by atoms with Gasteiger partial charge in [0.15, 0.2) is 5.82 Å². The second kappa shape index (κ2) is 8.47. The van der Waals surface area contributed by atoms with Crippen molar-refractivity contribution in [2.75, 3.05) is 13.1 Å². The van der Waals surface area contributed by atoms with Gasteiger partial charge in [0.2, 0.25) is 0 Å². The number of nitrogens with zero attached hydrogens (tertiary/aromatic N) is 5. The Kier molecular flexibility index (Phi) is 5.49. The molecule has 1 fully saturated rings. The van der Waals surface area contributed by atoms with E-state index in [2.05, 4.69) is 15.1 Å². The number of pyridine rings is 1. The fourth-order valence-corrected chi connectivity index (χ4v) is 4.57. The minimum Gasteiger partial charge on any atom is -0.468 e. The van der Waals surface area contributed by atoms with Crippen molar-refractivity contribution in [1.82, 2.24) is 19.9 Å². The smallest absolute Gasteiger partial charge is 0.341 e. The van der Waals surface area contributed by atoms with Gasteiger partial charge in [0.1, 0.15) is 17.7 Å². The quantitative estimate of drug-likeness (QED) is 0.558. The number of benzene rings is 1. The van der Waals surface area contributed by atoms with E-state index in [9.17, 15) is 18.0 Å². The van der Waals surface area contributed by atoms with Crippen LogP contribution in [0.3, 0.4) is 0 Å². The minimum absolute atomic E-state index is 0.135. The number of aromatic nitrogens is 2. The number of thiazole rings is 1. The minimum atomic E-state index is -0.716.